The normalized spacial score (nSPS) is 10.4. The second kappa shape index (κ2) is 5.07. The van der Waals surface area contributed by atoms with Gasteiger partial charge < -0.3 is 5.32 Å². The van der Waals surface area contributed by atoms with Gasteiger partial charge >= 0.3 is 0 Å². The maximum atomic E-state index is 12.7. The Hall–Kier alpha value is -1.42. The van der Waals surface area contributed by atoms with Gasteiger partial charge in [-0.2, -0.15) is 0 Å². The van der Waals surface area contributed by atoms with Crippen molar-refractivity contribution >= 4 is 16.5 Å². The minimum absolute atomic E-state index is 0.219. The standard InChI is InChI=1S/C12H13FN2S/c1-2-7-14-12-15-11(8-16-12)9-3-5-10(13)6-4-9/h3-6,8H,2,7H2,1H3,(H,14,15). The fourth-order valence-electron chi connectivity index (χ4n) is 1.34. The average molecular weight is 236 g/mol. The SMILES string of the molecule is CCCNc1nc(-c2ccc(F)cc2)cs1. The molecule has 0 radical (unpaired) electrons. The number of nitrogens with one attached hydrogen (secondary N) is 1. The van der Waals surface area contributed by atoms with Crippen LogP contribution in [-0.4, -0.2) is 11.5 Å². The number of thiazole rings is 1. The molecule has 84 valence electrons. The van der Waals surface area contributed by atoms with Crippen molar-refractivity contribution in [3.8, 4) is 11.3 Å². The minimum Gasteiger partial charge on any atom is -0.362 e. The molecule has 2 nitrogen and oxygen atoms in total. The van der Waals surface area contributed by atoms with E-state index in [9.17, 15) is 4.39 Å². The van der Waals surface area contributed by atoms with Crippen molar-refractivity contribution in [1.29, 1.82) is 0 Å². The van der Waals surface area contributed by atoms with Crippen molar-refractivity contribution in [2.75, 3.05) is 11.9 Å². The molecule has 2 aromatic rings. The first kappa shape index (κ1) is 11.1. The summed E-state index contributed by atoms with van der Waals surface area (Å²) in [6.07, 6.45) is 1.07. The quantitative estimate of drug-likeness (QED) is 0.874. The predicted octanol–water partition coefficient (Wildman–Crippen LogP) is 3.77. The van der Waals surface area contributed by atoms with Crippen molar-refractivity contribution in [1.82, 2.24) is 4.98 Å². The highest BCUT2D eigenvalue weighted by Gasteiger charge is 2.03. The Labute approximate surface area is 98.2 Å². The third kappa shape index (κ3) is 2.58. The first-order chi connectivity index (χ1) is 7.79. The highest BCUT2D eigenvalue weighted by Crippen LogP contribution is 2.24. The summed E-state index contributed by atoms with van der Waals surface area (Å²) in [4.78, 5) is 4.43. The molecule has 0 amide bonds. The van der Waals surface area contributed by atoms with E-state index in [2.05, 4.69) is 17.2 Å². The van der Waals surface area contributed by atoms with E-state index in [4.69, 9.17) is 0 Å². The molecule has 2 rings (SSSR count). The molecule has 0 fully saturated rings. The van der Waals surface area contributed by atoms with E-state index in [-0.39, 0.29) is 5.82 Å². The van der Waals surface area contributed by atoms with E-state index >= 15 is 0 Å². The zero-order valence-corrected chi connectivity index (χ0v) is 9.85. The van der Waals surface area contributed by atoms with Gasteiger partial charge in [0.1, 0.15) is 5.82 Å². The zero-order valence-electron chi connectivity index (χ0n) is 9.03. The molecule has 16 heavy (non-hydrogen) atoms. The van der Waals surface area contributed by atoms with Crippen molar-refractivity contribution in [2.24, 2.45) is 0 Å². The maximum Gasteiger partial charge on any atom is 0.183 e. The third-order valence-corrected chi connectivity index (χ3v) is 2.97. The lowest BCUT2D eigenvalue weighted by Gasteiger charge is -1.98. The van der Waals surface area contributed by atoms with Gasteiger partial charge in [0.15, 0.2) is 5.13 Å². The Morgan fingerprint density at radius 2 is 2.06 bits per heavy atom. The molecule has 1 aromatic carbocycles. The first-order valence-corrected chi connectivity index (χ1v) is 6.13. The van der Waals surface area contributed by atoms with Gasteiger partial charge in [-0.3, -0.25) is 0 Å². The summed E-state index contributed by atoms with van der Waals surface area (Å²) in [5, 5.41) is 6.12. The largest absolute Gasteiger partial charge is 0.362 e. The lowest BCUT2D eigenvalue weighted by molar-refractivity contribution is 0.628. The van der Waals surface area contributed by atoms with Crippen LogP contribution < -0.4 is 5.32 Å². The maximum absolute atomic E-state index is 12.7. The summed E-state index contributed by atoms with van der Waals surface area (Å²) in [5.41, 5.74) is 1.84. The van der Waals surface area contributed by atoms with Crippen LogP contribution in [0.15, 0.2) is 29.6 Å². The smallest absolute Gasteiger partial charge is 0.183 e. The summed E-state index contributed by atoms with van der Waals surface area (Å²) in [6.45, 7) is 3.04. The lowest BCUT2D eigenvalue weighted by Crippen LogP contribution is -1.98. The Morgan fingerprint density at radius 1 is 1.31 bits per heavy atom. The van der Waals surface area contributed by atoms with E-state index in [0.717, 1.165) is 29.4 Å². The molecule has 0 aliphatic heterocycles. The highest BCUT2D eigenvalue weighted by molar-refractivity contribution is 7.14. The minimum atomic E-state index is -0.219. The summed E-state index contributed by atoms with van der Waals surface area (Å²) in [7, 11) is 0. The molecule has 0 unspecified atom stereocenters. The molecular formula is C12H13FN2S. The van der Waals surface area contributed by atoms with E-state index in [1.807, 2.05) is 5.38 Å². The molecule has 0 saturated heterocycles. The van der Waals surface area contributed by atoms with Gasteiger partial charge in [0.2, 0.25) is 0 Å². The second-order valence-electron chi connectivity index (χ2n) is 3.47. The summed E-state index contributed by atoms with van der Waals surface area (Å²) >= 11 is 1.57. The van der Waals surface area contributed by atoms with Crippen molar-refractivity contribution in [3.05, 3.63) is 35.5 Å². The molecule has 0 aliphatic carbocycles. The molecule has 4 heteroatoms. The number of rotatable bonds is 4. The van der Waals surface area contributed by atoms with Crippen molar-refractivity contribution in [3.63, 3.8) is 0 Å². The van der Waals surface area contributed by atoms with E-state index in [1.165, 1.54) is 12.1 Å². The number of halogens is 1. The fraction of sp³-hybridized carbons (Fsp3) is 0.250. The molecule has 0 bridgehead atoms. The molecule has 1 N–H and O–H groups in total. The Morgan fingerprint density at radius 3 is 2.75 bits per heavy atom. The number of hydrogen-bond acceptors (Lipinski definition) is 3. The number of aromatic nitrogens is 1. The van der Waals surface area contributed by atoms with Crippen LogP contribution in [0.3, 0.4) is 0 Å². The zero-order chi connectivity index (χ0) is 11.4. The predicted molar refractivity (Wildman–Crippen MR) is 66.3 cm³/mol. The number of nitrogens with zero attached hydrogens (tertiary/aromatic N) is 1. The molecule has 0 atom stereocenters. The molecule has 0 aliphatic rings. The molecule has 1 heterocycles. The lowest BCUT2D eigenvalue weighted by atomic mass is 10.2. The monoisotopic (exact) mass is 236 g/mol. The number of anilines is 1. The van der Waals surface area contributed by atoms with Gasteiger partial charge in [0, 0.05) is 17.5 Å². The van der Waals surface area contributed by atoms with Crippen LogP contribution in [-0.2, 0) is 0 Å². The van der Waals surface area contributed by atoms with Crippen molar-refractivity contribution in [2.45, 2.75) is 13.3 Å². The van der Waals surface area contributed by atoms with Crippen LogP contribution in [0.5, 0.6) is 0 Å². The van der Waals surface area contributed by atoms with Gasteiger partial charge in [0.05, 0.1) is 5.69 Å². The van der Waals surface area contributed by atoms with Gasteiger partial charge in [-0.05, 0) is 30.7 Å². The first-order valence-electron chi connectivity index (χ1n) is 5.25. The Bertz CT molecular complexity index is 450. The van der Waals surface area contributed by atoms with Crippen LogP contribution in [0.25, 0.3) is 11.3 Å². The van der Waals surface area contributed by atoms with Gasteiger partial charge in [0.25, 0.3) is 0 Å². The van der Waals surface area contributed by atoms with Crippen LogP contribution in [0, 0.1) is 5.82 Å². The number of benzene rings is 1. The van der Waals surface area contributed by atoms with E-state index in [1.54, 1.807) is 23.5 Å². The van der Waals surface area contributed by atoms with Crippen molar-refractivity contribution < 1.29 is 4.39 Å². The van der Waals surface area contributed by atoms with Crippen LogP contribution in [0.4, 0.5) is 9.52 Å². The molecule has 0 saturated carbocycles. The molecule has 1 aromatic heterocycles. The molecule has 0 spiro atoms. The van der Waals surface area contributed by atoms with Crippen LogP contribution >= 0.6 is 11.3 Å². The van der Waals surface area contributed by atoms with Gasteiger partial charge in [-0.1, -0.05) is 6.92 Å². The topological polar surface area (TPSA) is 24.9 Å². The Kier molecular flexibility index (Phi) is 3.51. The van der Waals surface area contributed by atoms with E-state index < -0.39 is 0 Å². The van der Waals surface area contributed by atoms with Gasteiger partial charge in [-0.15, -0.1) is 11.3 Å². The molecular weight excluding hydrogens is 223 g/mol. The van der Waals surface area contributed by atoms with Gasteiger partial charge in [-0.25, -0.2) is 9.37 Å². The average Bonchev–Trinajstić information content (AvgIpc) is 2.76. The van der Waals surface area contributed by atoms with Crippen LogP contribution in [0.1, 0.15) is 13.3 Å². The summed E-state index contributed by atoms with van der Waals surface area (Å²) in [6, 6.07) is 6.39. The number of hydrogen-bond donors (Lipinski definition) is 1. The summed E-state index contributed by atoms with van der Waals surface area (Å²) in [5.74, 6) is -0.219. The Balaban J connectivity index is 2.15. The van der Waals surface area contributed by atoms with E-state index in [0.29, 0.717) is 0 Å². The second-order valence-corrected chi connectivity index (χ2v) is 4.33. The fourth-order valence-corrected chi connectivity index (χ4v) is 2.09. The van der Waals surface area contributed by atoms with Crippen LogP contribution in [0.2, 0.25) is 0 Å². The highest BCUT2D eigenvalue weighted by atomic mass is 32.1. The summed E-state index contributed by atoms with van der Waals surface area (Å²) < 4.78 is 12.7. The third-order valence-electron chi connectivity index (χ3n) is 2.17.